The van der Waals surface area contributed by atoms with Crippen LogP contribution in [0, 0.1) is 13.8 Å². The summed E-state index contributed by atoms with van der Waals surface area (Å²) in [5, 5.41) is 18.8. The third-order valence-electron chi connectivity index (χ3n) is 2.65. The van der Waals surface area contributed by atoms with Gasteiger partial charge in [-0.15, -0.1) is 0 Å². The number of aliphatic hydroxyl groups excluding tert-OH is 1. The van der Waals surface area contributed by atoms with Gasteiger partial charge in [-0.25, -0.2) is 13.1 Å². The molecule has 0 fully saturated rings. The van der Waals surface area contributed by atoms with Gasteiger partial charge in [0.25, 0.3) is 10.0 Å². The van der Waals surface area contributed by atoms with Crippen LogP contribution in [0.15, 0.2) is 9.55 Å². The van der Waals surface area contributed by atoms with Gasteiger partial charge in [0.1, 0.15) is 0 Å². The molecule has 3 N–H and O–H groups in total. The molecule has 10 heteroatoms. The van der Waals surface area contributed by atoms with E-state index in [9.17, 15) is 13.5 Å². The van der Waals surface area contributed by atoms with Gasteiger partial charge >= 0.3 is 0 Å². The van der Waals surface area contributed by atoms with Gasteiger partial charge in [0.15, 0.2) is 10.9 Å². The van der Waals surface area contributed by atoms with E-state index in [4.69, 9.17) is 4.52 Å². The first-order valence-corrected chi connectivity index (χ1v) is 7.36. The van der Waals surface area contributed by atoms with Crippen molar-refractivity contribution in [2.45, 2.75) is 31.9 Å². The Morgan fingerprint density at radius 2 is 2.15 bits per heavy atom. The lowest BCUT2D eigenvalue weighted by Crippen LogP contribution is -2.27. The number of hydrogen-bond acceptors (Lipinski definition) is 7. The fraction of sp³-hybridized carbons (Fsp3) is 0.500. The number of aromatic amines is 1. The molecule has 2 aromatic heterocycles. The summed E-state index contributed by atoms with van der Waals surface area (Å²) < 4.78 is 31.3. The van der Waals surface area contributed by atoms with E-state index in [-0.39, 0.29) is 23.6 Å². The van der Waals surface area contributed by atoms with E-state index in [1.165, 1.54) is 0 Å². The summed E-state index contributed by atoms with van der Waals surface area (Å²) in [6.07, 6.45) is 0.276. The number of aromatic nitrogens is 4. The summed E-state index contributed by atoms with van der Waals surface area (Å²) in [7, 11) is -3.79. The van der Waals surface area contributed by atoms with Crippen molar-refractivity contribution in [3.8, 4) is 0 Å². The molecule has 0 aliphatic carbocycles. The van der Waals surface area contributed by atoms with Crippen LogP contribution in [0.4, 0.5) is 0 Å². The van der Waals surface area contributed by atoms with Gasteiger partial charge in [-0.3, -0.25) is 5.10 Å². The summed E-state index contributed by atoms with van der Waals surface area (Å²) in [6.45, 7) is 3.01. The van der Waals surface area contributed by atoms with E-state index in [0.717, 1.165) is 0 Å². The van der Waals surface area contributed by atoms with Crippen molar-refractivity contribution in [1.29, 1.82) is 0 Å². The maximum Gasteiger partial charge on any atom is 0.260 e. The molecule has 0 atom stereocenters. The Kier molecular flexibility index (Phi) is 4.16. The third kappa shape index (κ3) is 3.03. The maximum atomic E-state index is 12.0. The van der Waals surface area contributed by atoms with E-state index in [1.807, 2.05) is 0 Å². The summed E-state index contributed by atoms with van der Waals surface area (Å²) in [5.74, 6) is 0.846. The molecule has 20 heavy (non-hydrogen) atoms. The number of nitrogens with one attached hydrogen (secondary N) is 2. The second kappa shape index (κ2) is 5.69. The second-order valence-electron chi connectivity index (χ2n) is 4.17. The van der Waals surface area contributed by atoms with Gasteiger partial charge in [-0.05, 0) is 13.8 Å². The topological polar surface area (TPSA) is 134 Å². The first-order valence-electron chi connectivity index (χ1n) is 5.87. The smallest absolute Gasteiger partial charge is 0.260 e. The molecule has 2 heterocycles. The standard InChI is InChI=1S/C10H15N5O4S/c1-6-8(5-16)10(14-13-6)20(17,18)11-4-3-9-12-7(2)15-19-9/h11,16H,3-5H2,1-2H3,(H,13,14). The lowest BCUT2D eigenvalue weighted by atomic mass is 10.3. The molecular weight excluding hydrogens is 286 g/mol. The van der Waals surface area contributed by atoms with E-state index in [1.54, 1.807) is 13.8 Å². The van der Waals surface area contributed by atoms with Crippen LogP contribution in [0.2, 0.25) is 0 Å². The van der Waals surface area contributed by atoms with Gasteiger partial charge in [-0.2, -0.15) is 10.1 Å². The number of nitrogens with zero attached hydrogens (tertiary/aromatic N) is 3. The molecule has 2 rings (SSSR count). The molecule has 110 valence electrons. The first-order chi connectivity index (χ1) is 9.44. The van der Waals surface area contributed by atoms with E-state index in [2.05, 4.69) is 25.1 Å². The Balaban J connectivity index is 2.04. The van der Waals surface area contributed by atoms with Crippen LogP contribution in [0.5, 0.6) is 0 Å². The number of sulfonamides is 1. The van der Waals surface area contributed by atoms with Gasteiger partial charge in [0, 0.05) is 24.2 Å². The molecule has 0 spiro atoms. The van der Waals surface area contributed by atoms with Crippen molar-refractivity contribution >= 4 is 10.0 Å². The highest BCUT2D eigenvalue weighted by Crippen LogP contribution is 2.15. The summed E-state index contributed by atoms with van der Waals surface area (Å²) in [4.78, 5) is 3.97. The molecule has 0 aliphatic rings. The van der Waals surface area contributed by atoms with Crippen LogP contribution in [0.25, 0.3) is 0 Å². The van der Waals surface area contributed by atoms with Crippen LogP contribution < -0.4 is 4.72 Å². The minimum atomic E-state index is -3.79. The number of hydrogen-bond donors (Lipinski definition) is 3. The minimum absolute atomic E-state index is 0.0980. The van der Waals surface area contributed by atoms with Crippen molar-refractivity contribution in [1.82, 2.24) is 25.1 Å². The lowest BCUT2D eigenvalue weighted by molar-refractivity contribution is 0.277. The van der Waals surface area contributed by atoms with Crippen LogP contribution in [-0.2, 0) is 23.1 Å². The zero-order chi connectivity index (χ0) is 14.8. The predicted molar refractivity (Wildman–Crippen MR) is 67.2 cm³/mol. The highest BCUT2D eigenvalue weighted by Gasteiger charge is 2.23. The Morgan fingerprint density at radius 3 is 2.75 bits per heavy atom. The number of H-pyrrole nitrogens is 1. The van der Waals surface area contributed by atoms with Crippen LogP contribution in [0.3, 0.4) is 0 Å². The minimum Gasteiger partial charge on any atom is -0.392 e. The van der Waals surface area contributed by atoms with Crippen molar-refractivity contribution in [3.05, 3.63) is 23.0 Å². The van der Waals surface area contributed by atoms with Crippen LogP contribution in [0.1, 0.15) is 23.0 Å². The zero-order valence-corrected chi connectivity index (χ0v) is 11.9. The fourth-order valence-corrected chi connectivity index (χ4v) is 2.86. The highest BCUT2D eigenvalue weighted by molar-refractivity contribution is 7.89. The Morgan fingerprint density at radius 1 is 1.40 bits per heavy atom. The normalized spacial score (nSPS) is 11.9. The highest BCUT2D eigenvalue weighted by atomic mass is 32.2. The van der Waals surface area contributed by atoms with E-state index in [0.29, 0.717) is 17.4 Å². The lowest BCUT2D eigenvalue weighted by Gasteiger charge is -2.04. The maximum absolute atomic E-state index is 12.0. The van der Waals surface area contributed by atoms with Crippen LogP contribution >= 0.6 is 0 Å². The molecule has 0 amide bonds. The third-order valence-corrected chi connectivity index (χ3v) is 4.08. The summed E-state index contributed by atoms with van der Waals surface area (Å²) in [5.41, 5.74) is 0.770. The van der Waals surface area contributed by atoms with Crippen molar-refractivity contribution < 1.29 is 18.0 Å². The van der Waals surface area contributed by atoms with Gasteiger partial charge < -0.3 is 9.63 Å². The largest absolute Gasteiger partial charge is 0.392 e. The fourth-order valence-electron chi connectivity index (χ4n) is 1.64. The predicted octanol–water partition coefficient (Wildman–Crippen LogP) is -0.577. The molecule has 0 aliphatic heterocycles. The van der Waals surface area contributed by atoms with Gasteiger partial charge in [0.05, 0.1) is 6.61 Å². The summed E-state index contributed by atoms with van der Waals surface area (Å²) in [6, 6.07) is 0. The molecular formula is C10H15N5O4S. The van der Waals surface area contributed by atoms with Crippen molar-refractivity contribution in [2.24, 2.45) is 0 Å². The Labute approximate surface area is 115 Å². The van der Waals surface area contributed by atoms with Crippen LogP contribution in [-0.4, -0.2) is 40.4 Å². The molecule has 0 radical (unpaired) electrons. The Hall–Kier alpha value is -1.78. The molecule has 0 unspecified atom stereocenters. The first kappa shape index (κ1) is 14.6. The van der Waals surface area contributed by atoms with E-state index < -0.39 is 16.6 Å². The molecule has 0 saturated carbocycles. The number of rotatable bonds is 6. The quantitative estimate of drug-likeness (QED) is 0.650. The van der Waals surface area contributed by atoms with Crippen molar-refractivity contribution in [3.63, 3.8) is 0 Å². The molecule has 0 saturated heterocycles. The number of aliphatic hydroxyl groups is 1. The SMILES string of the molecule is Cc1noc(CCNS(=O)(=O)c2n[nH]c(C)c2CO)n1. The van der Waals surface area contributed by atoms with E-state index >= 15 is 0 Å². The molecule has 9 nitrogen and oxygen atoms in total. The number of aryl methyl sites for hydroxylation is 2. The van der Waals surface area contributed by atoms with Gasteiger partial charge in [-0.1, -0.05) is 5.16 Å². The average molecular weight is 301 g/mol. The second-order valence-corrected chi connectivity index (χ2v) is 5.86. The molecule has 0 bridgehead atoms. The monoisotopic (exact) mass is 301 g/mol. The molecule has 0 aromatic carbocycles. The van der Waals surface area contributed by atoms with Gasteiger partial charge in [0.2, 0.25) is 5.89 Å². The van der Waals surface area contributed by atoms with Crippen molar-refractivity contribution in [2.75, 3.05) is 6.54 Å². The average Bonchev–Trinajstić information content (AvgIpc) is 2.95. The zero-order valence-electron chi connectivity index (χ0n) is 11.0. The summed E-state index contributed by atoms with van der Waals surface area (Å²) >= 11 is 0. The Bertz CT molecular complexity index is 690. The molecule has 2 aromatic rings.